The van der Waals surface area contributed by atoms with E-state index < -0.39 is 0 Å². The highest BCUT2D eigenvalue weighted by Crippen LogP contribution is 2.22. The van der Waals surface area contributed by atoms with Crippen molar-refractivity contribution in [3.63, 3.8) is 0 Å². The largest absolute Gasteiger partial charge is 0.324 e. The maximum Gasteiger partial charge on any atom is 0.256 e. The van der Waals surface area contributed by atoms with Crippen molar-refractivity contribution >= 4 is 0 Å². The molecule has 0 saturated carbocycles. The van der Waals surface area contributed by atoms with E-state index >= 15 is 0 Å². The van der Waals surface area contributed by atoms with E-state index in [1.54, 1.807) is 29.7 Å². The van der Waals surface area contributed by atoms with Gasteiger partial charge >= 0.3 is 0 Å². The minimum atomic E-state index is -0.310. The molecular weight excluding hydrogens is 255 g/mol. The zero-order chi connectivity index (χ0) is 14.9. The number of halogens is 1. The molecule has 0 bridgehead atoms. The lowest BCUT2D eigenvalue weighted by molar-refractivity contribution is 0.574. The first-order chi connectivity index (χ1) is 9.41. The summed E-state index contributed by atoms with van der Waals surface area (Å²) < 4.78 is 14.7. The molecule has 1 aromatic heterocycles. The fourth-order valence-electron chi connectivity index (χ4n) is 2.28. The highest BCUT2D eigenvalue weighted by molar-refractivity contribution is 5.60. The maximum absolute atomic E-state index is 13.0. The van der Waals surface area contributed by atoms with Gasteiger partial charge in [0.15, 0.2) is 0 Å². The summed E-state index contributed by atoms with van der Waals surface area (Å²) in [5.41, 5.74) is 7.92. The average Bonchev–Trinajstić information content (AvgIpc) is 2.38. The van der Waals surface area contributed by atoms with Gasteiger partial charge < -0.3 is 10.3 Å². The molecule has 0 saturated heterocycles. The Hall–Kier alpha value is -1.94. The number of rotatable bonds is 3. The molecule has 0 aliphatic rings. The van der Waals surface area contributed by atoms with Crippen molar-refractivity contribution in [3.8, 4) is 11.3 Å². The predicted octanol–water partition coefficient (Wildman–Crippen LogP) is 3.26. The van der Waals surface area contributed by atoms with Crippen LogP contribution in [0.4, 0.5) is 4.39 Å². The third-order valence-corrected chi connectivity index (χ3v) is 3.29. The van der Waals surface area contributed by atoms with Gasteiger partial charge in [-0.2, -0.15) is 0 Å². The van der Waals surface area contributed by atoms with Gasteiger partial charge in [0, 0.05) is 17.6 Å². The molecule has 1 atom stereocenters. The van der Waals surface area contributed by atoms with Gasteiger partial charge in [-0.3, -0.25) is 4.79 Å². The minimum Gasteiger partial charge on any atom is -0.324 e. The van der Waals surface area contributed by atoms with E-state index in [9.17, 15) is 9.18 Å². The van der Waals surface area contributed by atoms with Gasteiger partial charge in [0.1, 0.15) is 5.82 Å². The van der Waals surface area contributed by atoms with E-state index in [0.717, 1.165) is 11.3 Å². The van der Waals surface area contributed by atoms with Crippen LogP contribution in [0.1, 0.15) is 38.4 Å². The molecule has 1 heterocycles. The summed E-state index contributed by atoms with van der Waals surface area (Å²) in [5.74, 6) is -0.292. The Bertz CT molecular complexity index is 657. The normalized spacial score (nSPS) is 12.7. The quantitative estimate of drug-likeness (QED) is 0.934. The fraction of sp³-hybridized carbons (Fsp3) is 0.312. The van der Waals surface area contributed by atoms with Crippen molar-refractivity contribution < 1.29 is 4.39 Å². The lowest BCUT2D eigenvalue weighted by Gasteiger charge is -2.19. The van der Waals surface area contributed by atoms with Crippen LogP contribution in [0.25, 0.3) is 11.3 Å². The van der Waals surface area contributed by atoms with E-state index in [1.807, 2.05) is 19.9 Å². The van der Waals surface area contributed by atoms with E-state index in [1.165, 1.54) is 12.1 Å². The zero-order valence-electron chi connectivity index (χ0n) is 11.9. The SMILES string of the molecule is CC(N)c1ccc(-c2ccc(F)cc2)n(C(C)C)c1=O. The Kier molecular flexibility index (Phi) is 4.04. The first-order valence-electron chi connectivity index (χ1n) is 6.68. The molecule has 0 aliphatic heterocycles. The number of pyridine rings is 1. The van der Waals surface area contributed by atoms with Crippen LogP contribution in [-0.4, -0.2) is 4.57 Å². The summed E-state index contributed by atoms with van der Waals surface area (Å²) in [4.78, 5) is 12.5. The molecule has 106 valence electrons. The second-order valence-electron chi connectivity index (χ2n) is 5.24. The average molecular weight is 274 g/mol. The lowest BCUT2D eigenvalue weighted by atomic mass is 10.1. The summed E-state index contributed by atoms with van der Waals surface area (Å²) >= 11 is 0. The summed E-state index contributed by atoms with van der Waals surface area (Å²) in [7, 11) is 0. The smallest absolute Gasteiger partial charge is 0.256 e. The highest BCUT2D eigenvalue weighted by Gasteiger charge is 2.14. The molecule has 1 aromatic carbocycles. The second-order valence-corrected chi connectivity index (χ2v) is 5.24. The molecule has 2 aromatic rings. The molecular formula is C16H19FN2O. The van der Waals surface area contributed by atoms with Crippen molar-refractivity contribution in [2.24, 2.45) is 5.73 Å². The zero-order valence-corrected chi connectivity index (χ0v) is 11.9. The molecule has 1 unspecified atom stereocenters. The Morgan fingerprint density at radius 3 is 2.15 bits per heavy atom. The molecule has 0 spiro atoms. The molecule has 0 fully saturated rings. The number of hydrogen-bond donors (Lipinski definition) is 1. The van der Waals surface area contributed by atoms with Gasteiger partial charge in [0.2, 0.25) is 0 Å². The van der Waals surface area contributed by atoms with Crippen LogP contribution < -0.4 is 11.3 Å². The topological polar surface area (TPSA) is 48.0 Å². The maximum atomic E-state index is 13.0. The third-order valence-electron chi connectivity index (χ3n) is 3.29. The van der Waals surface area contributed by atoms with Crippen molar-refractivity contribution in [1.82, 2.24) is 4.57 Å². The van der Waals surface area contributed by atoms with E-state index in [2.05, 4.69) is 0 Å². The number of hydrogen-bond acceptors (Lipinski definition) is 2. The van der Waals surface area contributed by atoms with E-state index in [0.29, 0.717) is 5.56 Å². The van der Waals surface area contributed by atoms with Crippen molar-refractivity contribution in [2.75, 3.05) is 0 Å². The monoisotopic (exact) mass is 274 g/mol. The molecule has 0 amide bonds. The summed E-state index contributed by atoms with van der Waals surface area (Å²) in [6.07, 6.45) is 0. The Labute approximate surface area is 117 Å². The van der Waals surface area contributed by atoms with Crippen LogP contribution in [0.5, 0.6) is 0 Å². The minimum absolute atomic E-state index is 0.00116. The molecule has 2 rings (SSSR count). The summed E-state index contributed by atoms with van der Waals surface area (Å²) in [5, 5.41) is 0. The van der Waals surface area contributed by atoms with Gasteiger partial charge in [-0.25, -0.2) is 4.39 Å². The standard InChI is InChI=1S/C16H19FN2O/c1-10(2)19-15(12-4-6-13(17)7-5-12)9-8-14(11(3)18)16(19)20/h4-11H,18H2,1-3H3. The number of aromatic nitrogens is 1. The fourth-order valence-corrected chi connectivity index (χ4v) is 2.28. The first kappa shape index (κ1) is 14.5. The Balaban J connectivity index is 2.68. The Morgan fingerprint density at radius 2 is 1.65 bits per heavy atom. The molecule has 0 radical (unpaired) electrons. The summed E-state index contributed by atoms with van der Waals surface area (Å²) in [6, 6.07) is 9.45. The highest BCUT2D eigenvalue weighted by atomic mass is 19.1. The van der Waals surface area contributed by atoms with Crippen LogP contribution in [-0.2, 0) is 0 Å². The third kappa shape index (κ3) is 2.65. The first-order valence-corrected chi connectivity index (χ1v) is 6.68. The van der Waals surface area contributed by atoms with Crippen LogP contribution in [0.3, 0.4) is 0 Å². The van der Waals surface area contributed by atoms with Gasteiger partial charge in [-0.15, -0.1) is 0 Å². The van der Waals surface area contributed by atoms with Crippen LogP contribution in [0, 0.1) is 5.82 Å². The predicted molar refractivity (Wildman–Crippen MR) is 79.1 cm³/mol. The summed E-state index contributed by atoms with van der Waals surface area (Å²) in [6.45, 7) is 5.68. The molecule has 20 heavy (non-hydrogen) atoms. The van der Waals surface area contributed by atoms with Crippen LogP contribution in [0.2, 0.25) is 0 Å². The van der Waals surface area contributed by atoms with E-state index in [-0.39, 0.29) is 23.5 Å². The number of benzene rings is 1. The van der Waals surface area contributed by atoms with Crippen molar-refractivity contribution in [2.45, 2.75) is 32.9 Å². The molecule has 4 heteroatoms. The van der Waals surface area contributed by atoms with Crippen LogP contribution in [0.15, 0.2) is 41.2 Å². The molecule has 2 N–H and O–H groups in total. The van der Waals surface area contributed by atoms with Gasteiger partial charge in [0.25, 0.3) is 5.56 Å². The van der Waals surface area contributed by atoms with Gasteiger partial charge in [-0.1, -0.05) is 0 Å². The Morgan fingerprint density at radius 1 is 1.05 bits per heavy atom. The number of nitrogens with zero attached hydrogens (tertiary/aromatic N) is 1. The molecule has 0 aliphatic carbocycles. The van der Waals surface area contributed by atoms with Gasteiger partial charge in [-0.05, 0) is 62.7 Å². The van der Waals surface area contributed by atoms with Crippen LogP contribution >= 0.6 is 0 Å². The lowest BCUT2D eigenvalue weighted by Crippen LogP contribution is -2.29. The van der Waals surface area contributed by atoms with Gasteiger partial charge in [0.05, 0.1) is 5.69 Å². The number of nitrogens with two attached hydrogens (primary N) is 1. The second kappa shape index (κ2) is 5.59. The van der Waals surface area contributed by atoms with Crippen molar-refractivity contribution in [1.29, 1.82) is 0 Å². The molecule has 3 nitrogen and oxygen atoms in total. The van der Waals surface area contributed by atoms with E-state index in [4.69, 9.17) is 5.73 Å². The van der Waals surface area contributed by atoms with Crippen molar-refractivity contribution in [3.05, 3.63) is 58.1 Å².